The molecule has 1 saturated heterocycles. The van der Waals surface area contributed by atoms with Gasteiger partial charge in [0.2, 0.25) is 5.91 Å². The number of rotatable bonds is 9. The summed E-state index contributed by atoms with van der Waals surface area (Å²) in [6.45, 7) is 3.35. The molecule has 1 aliphatic rings. The van der Waals surface area contributed by atoms with Crippen LogP contribution in [0.1, 0.15) is 30.6 Å². The fourth-order valence-corrected chi connectivity index (χ4v) is 3.71. The second-order valence-electron chi connectivity index (χ2n) is 8.22. The zero-order valence-electron chi connectivity index (χ0n) is 18.6. The molecule has 2 rings (SSSR count). The van der Waals surface area contributed by atoms with E-state index in [0.717, 1.165) is 0 Å². The van der Waals surface area contributed by atoms with E-state index in [1.165, 1.54) is 37.2 Å². The van der Waals surface area contributed by atoms with Crippen molar-refractivity contribution in [3.8, 4) is 0 Å². The molecule has 0 bridgehead atoms. The maximum Gasteiger partial charge on any atom is 0.552 e. The first-order valence-corrected chi connectivity index (χ1v) is 10.9. The van der Waals surface area contributed by atoms with Gasteiger partial charge in [0.15, 0.2) is 6.10 Å². The Morgan fingerprint density at radius 1 is 1.24 bits per heavy atom. The second kappa shape index (κ2) is 11.7. The van der Waals surface area contributed by atoms with E-state index in [0.29, 0.717) is 11.4 Å². The quantitative estimate of drug-likeness (QED) is 0.430. The first kappa shape index (κ1) is 26.9. The largest absolute Gasteiger partial charge is 0.552 e. The number of hydrogen-bond acceptors (Lipinski definition) is 7. The number of hydrogen-bond donors (Lipinski definition) is 3. The minimum Gasteiger partial charge on any atom is -0.507 e. The van der Waals surface area contributed by atoms with Crippen LogP contribution in [0.15, 0.2) is 18.2 Å². The molecule has 0 unspecified atom stereocenters. The summed E-state index contributed by atoms with van der Waals surface area (Å²) in [7, 11) is 1.76. The summed E-state index contributed by atoms with van der Waals surface area (Å²) < 4.78 is 10.9. The number of carboxylic acid groups (broad SMARTS) is 1. The predicted molar refractivity (Wildman–Crippen MR) is 122 cm³/mol. The van der Waals surface area contributed by atoms with E-state index in [1.54, 1.807) is 0 Å². The highest BCUT2D eigenvalue weighted by Gasteiger charge is 2.50. The summed E-state index contributed by atoms with van der Waals surface area (Å²) in [5, 5.41) is 15.1. The van der Waals surface area contributed by atoms with Crippen LogP contribution in [0.3, 0.4) is 0 Å². The van der Waals surface area contributed by atoms with Crippen molar-refractivity contribution in [1.82, 2.24) is 15.5 Å². The average Bonchev–Trinajstić information content (AvgIpc) is 2.71. The van der Waals surface area contributed by atoms with Gasteiger partial charge in [-0.1, -0.05) is 37.0 Å². The van der Waals surface area contributed by atoms with Crippen molar-refractivity contribution < 1.29 is 33.6 Å². The highest BCUT2D eigenvalue weighted by Crippen LogP contribution is 2.22. The lowest BCUT2D eigenvalue weighted by Crippen LogP contribution is -2.63. The number of nitrogens with one attached hydrogen (secondary N) is 2. The Hall–Kier alpha value is -2.34. The molecule has 1 fully saturated rings. The molecule has 180 valence electrons. The zero-order chi connectivity index (χ0) is 24.9. The van der Waals surface area contributed by atoms with E-state index in [-0.39, 0.29) is 16.5 Å². The number of amides is 2. The third-order valence-electron chi connectivity index (χ3n) is 4.82. The Balaban J connectivity index is 2.08. The van der Waals surface area contributed by atoms with Crippen LogP contribution in [0.25, 0.3) is 0 Å². The van der Waals surface area contributed by atoms with Crippen molar-refractivity contribution in [3.05, 3.63) is 33.8 Å². The maximum absolute atomic E-state index is 12.5. The van der Waals surface area contributed by atoms with E-state index in [4.69, 9.17) is 32.5 Å². The molecule has 0 spiro atoms. The van der Waals surface area contributed by atoms with Gasteiger partial charge in [0.25, 0.3) is 5.91 Å². The molecule has 2 amide bonds. The number of benzene rings is 1. The zero-order valence-corrected chi connectivity index (χ0v) is 20.1. The predicted octanol–water partition coefficient (Wildman–Crippen LogP) is 1.24. The van der Waals surface area contributed by atoms with Gasteiger partial charge in [0, 0.05) is 5.02 Å². The molecule has 3 atom stereocenters. The molecule has 3 N–H and O–H groups in total. The van der Waals surface area contributed by atoms with Crippen LogP contribution < -0.4 is 10.6 Å². The fourth-order valence-electron chi connectivity index (χ4n) is 3.34. The van der Waals surface area contributed by atoms with Crippen LogP contribution in [0.4, 0.5) is 0 Å². The van der Waals surface area contributed by atoms with Crippen LogP contribution in [0, 0.1) is 5.92 Å². The number of carboxylic acids is 1. The van der Waals surface area contributed by atoms with E-state index in [1.807, 2.05) is 13.8 Å². The third kappa shape index (κ3) is 7.33. The molecular weight excluding hydrogens is 476 g/mol. The molecule has 0 radical (unpaired) electrons. The number of likely N-dealkylation sites (N-methyl/N-ethyl adjacent to an activating group) is 1. The van der Waals surface area contributed by atoms with Gasteiger partial charge in [-0.15, -0.1) is 0 Å². The fraction of sp³-hybridized carbons (Fsp3) is 0.500. The molecule has 0 saturated carbocycles. The molecular formula is C20H26BCl2N3O7. The van der Waals surface area contributed by atoms with Crippen molar-refractivity contribution in [3.63, 3.8) is 0 Å². The molecule has 33 heavy (non-hydrogen) atoms. The Morgan fingerprint density at radius 2 is 1.91 bits per heavy atom. The normalized spacial score (nSPS) is 19.3. The van der Waals surface area contributed by atoms with Gasteiger partial charge in [-0.25, -0.2) is 4.79 Å². The summed E-state index contributed by atoms with van der Waals surface area (Å²) in [6, 6.07) is 3.24. The highest BCUT2D eigenvalue weighted by molar-refractivity contribution is 6.50. The van der Waals surface area contributed by atoms with Crippen LogP contribution >= 0.6 is 23.2 Å². The second-order valence-corrected chi connectivity index (χ2v) is 9.06. The van der Waals surface area contributed by atoms with Gasteiger partial charge < -0.3 is 25.0 Å². The van der Waals surface area contributed by atoms with Gasteiger partial charge in [-0.05, 0) is 44.6 Å². The van der Waals surface area contributed by atoms with Crippen molar-refractivity contribution in [2.24, 2.45) is 5.92 Å². The first-order chi connectivity index (χ1) is 15.4. The monoisotopic (exact) mass is 501 g/mol. The van der Waals surface area contributed by atoms with Gasteiger partial charge in [0.05, 0.1) is 23.1 Å². The number of aliphatic carboxylic acids is 1. The molecule has 10 nitrogen and oxygen atoms in total. The lowest BCUT2D eigenvalue weighted by molar-refractivity contribution is -0.165. The van der Waals surface area contributed by atoms with E-state index >= 15 is 0 Å². The van der Waals surface area contributed by atoms with E-state index in [9.17, 15) is 24.3 Å². The average molecular weight is 502 g/mol. The first-order valence-electron chi connectivity index (χ1n) is 10.2. The Labute approximate surface area is 202 Å². The Kier molecular flexibility index (Phi) is 9.53. The van der Waals surface area contributed by atoms with E-state index < -0.39 is 55.5 Å². The number of nitrogens with zero attached hydrogens (tertiary/aromatic N) is 1. The molecule has 0 aromatic heterocycles. The smallest absolute Gasteiger partial charge is 0.507 e. The van der Waals surface area contributed by atoms with Crippen LogP contribution in [-0.2, 0) is 23.7 Å². The maximum atomic E-state index is 12.5. The van der Waals surface area contributed by atoms with Crippen LogP contribution in [0.2, 0.25) is 10.0 Å². The minimum absolute atomic E-state index is 0.0484. The molecule has 1 aliphatic heterocycles. The summed E-state index contributed by atoms with van der Waals surface area (Å²) in [6.07, 6.45) is -1.14. The topological polar surface area (TPSA) is 134 Å². The van der Waals surface area contributed by atoms with Crippen LogP contribution in [-0.4, -0.2) is 79.6 Å². The number of halogens is 2. The van der Waals surface area contributed by atoms with Crippen molar-refractivity contribution in [2.45, 2.75) is 38.4 Å². The Bertz CT molecular complexity index is 916. The summed E-state index contributed by atoms with van der Waals surface area (Å²) >= 11 is 11.9. The standard InChI is InChI=1S/C20H26BCl2N3O7/c1-10(2)7-14(21-32-17(19(29)30)16(26(3)4)20(31)33-21)25-15(27)9-24-18(28)12-8-11(22)5-6-13(12)23/h5-6,8,10,14,16-17H,7,9H2,1-4H3,(H,24,28)(H,25,27)(H,29,30)/t14-,16+,17+/m0/s1. The van der Waals surface area contributed by atoms with Crippen LogP contribution in [0.5, 0.6) is 0 Å². The third-order valence-corrected chi connectivity index (χ3v) is 5.39. The highest BCUT2D eigenvalue weighted by atomic mass is 35.5. The lowest BCUT2D eigenvalue weighted by atomic mass is 9.72. The van der Waals surface area contributed by atoms with Gasteiger partial charge in [-0.2, -0.15) is 0 Å². The van der Waals surface area contributed by atoms with Crippen molar-refractivity contribution in [2.75, 3.05) is 20.6 Å². The molecule has 0 aliphatic carbocycles. The SMILES string of the molecule is CC(C)C[C@H](NC(=O)CNC(=O)c1cc(Cl)ccc1Cl)B1OC(=O)[C@H](N(C)C)[C@H](C(=O)O)O1. The molecule has 13 heteroatoms. The summed E-state index contributed by atoms with van der Waals surface area (Å²) in [4.78, 5) is 50.4. The number of carbonyl (C=O) groups is 4. The molecule has 1 heterocycles. The lowest BCUT2D eigenvalue weighted by Gasteiger charge is -2.37. The van der Waals surface area contributed by atoms with Gasteiger partial charge >= 0.3 is 19.1 Å². The summed E-state index contributed by atoms with van der Waals surface area (Å²) in [5.74, 6) is -4.07. The Morgan fingerprint density at radius 3 is 2.48 bits per heavy atom. The van der Waals surface area contributed by atoms with Gasteiger partial charge in [0.1, 0.15) is 6.04 Å². The molecule has 1 aromatic carbocycles. The number of carbonyl (C=O) groups excluding carboxylic acids is 3. The summed E-state index contributed by atoms with van der Waals surface area (Å²) in [5.41, 5.74) is 0.110. The van der Waals surface area contributed by atoms with Gasteiger partial charge in [-0.3, -0.25) is 19.3 Å². The van der Waals surface area contributed by atoms with E-state index in [2.05, 4.69) is 10.6 Å². The minimum atomic E-state index is -1.47. The van der Waals surface area contributed by atoms with Crippen molar-refractivity contribution >= 4 is 54.1 Å². The van der Waals surface area contributed by atoms with Crippen molar-refractivity contribution in [1.29, 1.82) is 0 Å². The molecule has 1 aromatic rings.